The lowest BCUT2D eigenvalue weighted by Crippen LogP contribution is -2.15. The normalized spacial score (nSPS) is 11.3. The van der Waals surface area contributed by atoms with Gasteiger partial charge in [0, 0.05) is 6.07 Å². The van der Waals surface area contributed by atoms with Crippen LogP contribution in [-0.4, -0.2) is 13.5 Å². The van der Waals surface area contributed by atoms with E-state index in [2.05, 4.69) is 0 Å². The Labute approximate surface area is 108 Å². The summed E-state index contributed by atoms with van der Waals surface area (Å²) >= 11 is 0. The van der Waals surface area contributed by atoms with Gasteiger partial charge in [0.15, 0.2) is 0 Å². The number of sulfonamides is 1. The van der Waals surface area contributed by atoms with E-state index in [1.165, 1.54) is 18.2 Å². The molecule has 0 fully saturated rings. The highest BCUT2D eigenvalue weighted by molar-refractivity contribution is 7.92. The molecular weight excluding hydrogens is 276 g/mol. The largest absolute Gasteiger partial charge is 0.508 e. The summed E-state index contributed by atoms with van der Waals surface area (Å²) in [5.41, 5.74) is -0.758. The molecule has 0 heterocycles. The molecule has 19 heavy (non-hydrogen) atoms. The Balaban J connectivity index is 2.42. The Bertz CT molecular complexity index is 696. The summed E-state index contributed by atoms with van der Waals surface area (Å²) in [4.78, 5) is -0.296. The maximum absolute atomic E-state index is 13.4. The van der Waals surface area contributed by atoms with Gasteiger partial charge in [-0.05, 0) is 24.3 Å². The van der Waals surface area contributed by atoms with E-state index < -0.39 is 27.3 Å². The zero-order valence-electron chi connectivity index (χ0n) is 9.47. The van der Waals surface area contributed by atoms with Crippen molar-refractivity contribution in [3.8, 4) is 5.75 Å². The van der Waals surface area contributed by atoms with Crippen LogP contribution in [0.15, 0.2) is 47.4 Å². The molecule has 0 aliphatic carbocycles. The predicted molar refractivity (Wildman–Crippen MR) is 65.3 cm³/mol. The number of phenolic OH excluding ortho intramolecular Hbond substituents is 1. The minimum atomic E-state index is -4.17. The molecule has 0 aliphatic heterocycles. The van der Waals surface area contributed by atoms with Gasteiger partial charge in [0.2, 0.25) is 0 Å². The zero-order chi connectivity index (χ0) is 14.0. The topological polar surface area (TPSA) is 66.4 Å². The van der Waals surface area contributed by atoms with E-state index in [4.69, 9.17) is 0 Å². The van der Waals surface area contributed by atoms with Gasteiger partial charge >= 0.3 is 0 Å². The number of phenols is 1. The average molecular weight is 285 g/mol. The Morgan fingerprint density at radius 1 is 1.00 bits per heavy atom. The molecule has 0 saturated carbocycles. The highest BCUT2D eigenvalue weighted by Crippen LogP contribution is 2.23. The van der Waals surface area contributed by atoms with Gasteiger partial charge in [0.1, 0.15) is 23.1 Å². The number of nitrogens with one attached hydrogen (secondary N) is 1. The van der Waals surface area contributed by atoms with Crippen molar-refractivity contribution in [1.29, 1.82) is 0 Å². The van der Waals surface area contributed by atoms with Crippen molar-refractivity contribution in [2.24, 2.45) is 0 Å². The molecule has 2 aromatic rings. The van der Waals surface area contributed by atoms with E-state index in [9.17, 15) is 22.3 Å². The second kappa shape index (κ2) is 4.85. The van der Waals surface area contributed by atoms with E-state index in [0.717, 1.165) is 24.3 Å². The smallest absolute Gasteiger partial charge is 0.262 e. The highest BCUT2D eigenvalue weighted by Gasteiger charge is 2.19. The number of anilines is 1. The Morgan fingerprint density at radius 3 is 2.16 bits per heavy atom. The third-order valence-corrected chi connectivity index (χ3v) is 3.67. The lowest BCUT2D eigenvalue weighted by Gasteiger charge is -2.09. The molecule has 7 heteroatoms. The quantitative estimate of drug-likeness (QED) is 0.910. The second-order valence-electron chi connectivity index (χ2n) is 3.70. The maximum atomic E-state index is 13.4. The van der Waals surface area contributed by atoms with Gasteiger partial charge < -0.3 is 5.11 Å². The summed E-state index contributed by atoms with van der Waals surface area (Å²) in [7, 11) is -4.17. The van der Waals surface area contributed by atoms with Crippen LogP contribution < -0.4 is 4.72 Å². The fraction of sp³-hybridized carbons (Fsp3) is 0. The number of para-hydroxylation sites is 1. The first-order valence-electron chi connectivity index (χ1n) is 5.16. The molecule has 0 aromatic heterocycles. The van der Waals surface area contributed by atoms with Crippen LogP contribution in [0.1, 0.15) is 0 Å². The molecule has 2 N–H and O–H groups in total. The molecule has 0 unspecified atom stereocenters. The third-order valence-electron chi connectivity index (χ3n) is 2.33. The van der Waals surface area contributed by atoms with Crippen LogP contribution in [0.3, 0.4) is 0 Å². The number of hydrogen-bond donors (Lipinski definition) is 2. The van der Waals surface area contributed by atoms with Gasteiger partial charge in [-0.25, -0.2) is 17.2 Å². The fourth-order valence-corrected chi connectivity index (χ4v) is 2.55. The number of benzene rings is 2. The molecule has 0 amide bonds. The molecule has 0 aliphatic rings. The molecule has 0 bridgehead atoms. The van der Waals surface area contributed by atoms with E-state index in [-0.39, 0.29) is 10.6 Å². The molecular formula is C12H9F2NO3S. The number of rotatable bonds is 3. The van der Waals surface area contributed by atoms with Crippen molar-refractivity contribution in [2.75, 3.05) is 4.72 Å². The summed E-state index contributed by atoms with van der Waals surface area (Å²) in [6, 6.07) is 7.75. The lowest BCUT2D eigenvalue weighted by atomic mass is 10.3. The van der Waals surface area contributed by atoms with Gasteiger partial charge in [-0.3, -0.25) is 4.72 Å². The van der Waals surface area contributed by atoms with Crippen molar-refractivity contribution < 1.29 is 22.3 Å². The van der Waals surface area contributed by atoms with E-state index in [0.29, 0.717) is 0 Å². The minimum absolute atomic E-state index is 0.267. The van der Waals surface area contributed by atoms with E-state index in [1.807, 2.05) is 4.72 Å². The van der Waals surface area contributed by atoms with Crippen molar-refractivity contribution in [2.45, 2.75) is 4.90 Å². The van der Waals surface area contributed by atoms with Crippen LogP contribution in [0.2, 0.25) is 0 Å². The first kappa shape index (κ1) is 13.3. The maximum Gasteiger partial charge on any atom is 0.262 e. The molecule has 0 spiro atoms. The summed E-state index contributed by atoms with van der Waals surface area (Å²) in [6.07, 6.45) is 0. The van der Waals surface area contributed by atoms with Gasteiger partial charge in [-0.2, -0.15) is 0 Å². The second-order valence-corrected chi connectivity index (χ2v) is 5.38. The summed E-state index contributed by atoms with van der Waals surface area (Å²) < 4.78 is 52.3. The zero-order valence-corrected chi connectivity index (χ0v) is 10.3. The standard InChI is InChI=1S/C12H9F2NO3S/c13-10-5-2-6-11(14)12(10)15-19(17,18)9-4-1-3-8(16)7-9/h1-7,15-16H. The minimum Gasteiger partial charge on any atom is -0.508 e. The van der Waals surface area contributed by atoms with Gasteiger partial charge in [0.05, 0.1) is 4.90 Å². The summed E-state index contributed by atoms with van der Waals surface area (Å²) in [5, 5.41) is 9.21. The lowest BCUT2D eigenvalue weighted by molar-refractivity contribution is 0.473. The van der Waals surface area contributed by atoms with Crippen molar-refractivity contribution in [3.63, 3.8) is 0 Å². The Kier molecular flexibility index (Phi) is 3.39. The molecule has 2 aromatic carbocycles. The molecule has 0 atom stereocenters. The Morgan fingerprint density at radius 2 is 1.58 bits per heavy atom. The third kappa shape index (κ3) is 2.82. The van der Waals surface area contributed by atoms with Gasteiger partial charge in [-0.15, -0.1) is 0 Å². The fourth-order valence-electron chi connectivity index (χ4n) is 1.44. The number of hydrogen-bond acceptors (Lipinski definition) is 3. The highest BCUT2D eigenvalue weighted by atomic mass is 32.2. The average Bonchev–Trinajstić information content (AvgIpc) is 2.34. The summed E-state index contributed by atoms with van der Waals surface area (Å²) in [6.45, 7) is 0. The molecule has 100 valence electrons. The van der Waals surface area contributed by atoms with Crippen molar-refractivity contribution in [3.05, 3.63) is 54.1 Å². The van der Waals surface area contributed by atoms with Crippen LogP contribution in [0.4, 0.5) is 14.5 Å². The van der Waals surface area contributed by atoms with E-state index >= 15 is 0 Å². The van der Waals surface area contributed by atoms with Crippen LogP contribution >= 0.6 is 0 Å². The molecule has 2 rings (SSSR count). The summed E-state index contributed by atoms with van der Waals surface area (Å²) in [5.74, 6) is -2.32. The first-order valence-corrected chi connectivity index (χ1v) is 6.64. The first-order chi connectivity index (χ1) is 8.90. The van der Waals surface area contributed by atoms with Crippen LogP contribution in [-0.2, 0) is 10.0 Å². The molecule has 4 nitrogen and oxygen atoms in total. The Hall–Kier alpha value is -2.15. The monoisotopic (exact) mass is 285 g/mol. The predicted octanol–water partition coefficient (Wildman–Crippen LogP) is 2.47. The SMILES string of the molecule is O=S(=O)(Nc1c(F)cccc1F)c1cccc(O)c1. The number of aromatic hydroxyl groups is 1. The van der Waals surface area contributed by atoms with Gasteiger partial charge in [0.25, 0.3) is 10.0 Å². The number of halogens is 2. The van der Waals surface area contributed by atoms with Crippen LogP contribution in [0.5, 0.6) is 5.75 Å². The molecule has 0 radical (unpaired) electrons. The van der Waals surface area contributed by atoms with Crippen molar-refractivity contribution in [1.82, 2.24) is 0 Å². The molecule has 0 saturated heterocycles. The van der Waals surface area contributed by atoms with Crippen LogP contribution in [0, 0.1) is 11.6 Å². The van der Waals surface area contributed by atoms with Crippen LogP contribution in [0.25, 0.3) is 0 Å². The van der Waals surface area contributed by atoms with Gasteiger partial charge in [-0.1, -0.05) is 12.1 Å². The van der Waals surface area contributed by atoms with E-state index in [1.54, 1.807) is 0 Å². The van der Waals surface area contributed by atoms with Crippen molar-refractivity contribution >= 4 is 15.7 Å².